The number of nitro benzene ring substituents is 1. The zero-order chi connectivity index (χ0) is 23.1. The Morgan fingerprint density at radius 3 is 2.68 bits per heavy atom. The lowest BCUT2D eigenvalue weighted by molar-refractivity contribution is -0.670. The van der Waals surface area contributed by atoms with Gasteiger partial charge in [-0.2, -0.15) is 0 Å². The van der Waals surface area contributed by atoms with E-state index in [1.54, 1.807) is 4.90 Å². The second kappa shape index (κ2) is 10.6. The normalized spacial score (nSPS) is 15.9. The number of nitro groups is 1. The van der Waals surface area contributed by atoms with Crippen molar-refractivity contribution >= 4 is 34.4 Å². The number of amides is 1. The lowest BCUT2D eigenvalue weighted by Crippen LogP contribution is -2.45. The third-order valence-electron chi connectivity index (χ3n) is 4.66. The number of carbonyl (C=O) groups is 1. The average molecular weight is 451 g/mol. The van der Waals surface area contributed by atoms with Crippen molar-refractivity contribution in [3.8, 4) is 5.75 Å². The Morgan fingerprint density at radius 2 is 2.10 bits per heavy atom. The minimum absolute atomic E-state index is 0.0549. The zero-order valence-corrected chi connectivity index (χ0v) is 17.6. The van der Waals surface area contributed by atoms with Gasteiger partial charge in [0.15, 0.2) is 0 Å². The topological polar surface area (TPSA) is 194 Å². The summed E-state index contributed by atoms with van der Waals surface area (Å²) in [7, 11) is 1.38. The van der Waals surface area contributed by atoms with Crippen molar-refractivity contribution in [3.05, 3.63) is 57.0 Å². The Labute approximate surface area is 183 Å². The van der Waals surface area contributed by atoms with E-state index in [1.807, 2.05) is 0 Å². The van der Waals surface area contributed by atoms with Crippen LogP contribution < -0.4 is 27.0 Å². The fraction of sp³-hybridized carbons (Fsp3) is 0.278. The third kappa shape index (κ3) is 5.03. The molecule has 1 saturated heterocycles. The maximum absolute atomic E-state index is 12.2. The standard InChI is InChI=1S/C18H20N6O4S.H4NO/c1-28-10-8-11-14(12(9-10)24(26)27)15(19)17(16(20)18(11)29)22-3-2-13(25)23-6-4-21-5-7-23;1-2/h2-3,8-9,19,21-22H,4-7,20H2,1H3;2H,1H3/q;+1/b3-2+,19-15?;. The van der Waals surface area contributed by atoms with Crippen LogP contribution in [0.5, 0.6) is 5.75 Å². The van der Waals surface area contributed by atoms with Gasteiger partial charge >= 0.3 is 0 Å². The van der Waals surface area contributed by atoms with Gasteiger partial charge in [0, 0.05) is 44.0 Å². The maximum Gasteiger partial charge on any atom is 0.283 e. The predicted octanol–water partition coefficient (Wildman–Crippen LogP) is -0.974. The molecular weight excluding hydrogens is 426 g/mol. The van der Waals surface area contributed by atoms with Crippen LogP contribution in [0.25, 0.3) is 0 Å². The molecule has 1 aromatic rings. The molecule has 0 unspecified atom stereocenters. The molecule has 1 aliphatic carbocycles. The van der Waals surface area contributed by atoms with Crippen LogP contribution in [-0.4, -0.2) is 64.8 Å². The van der Waals surface area contributed by atoms with Crippen LogP contribution in [0.1, 0.15) is 11.1 Å². The molecule has 1 heterocycles. The summed E-state index contributed by atoms with van der Waals surface area (Å²) in [6.07, 6.45) is 2.70. The summed E-state index contributed by atoms with van der Waals surface area (Å²) in [6.45, 7) is 2.67. The summed E-state index contributed by atoms with van der Waals surface area (Å²) in [5.74, 6) is 2.32. The zero-order valence-electron chi connectivity index (χ0n) is 16.8. The number of thiocarbonyl (C=S) groups is 1. The van der Waals surface area contributed by atoms with E-state index in [1.165, 1.54) is 31.5 Å². The minimum atomic E-state index is -0.596. The highest BCUT2D eigenvalue weighted by atomic mass is 32.1. The van der Waals surface area contributed by atoms with Crippen LogP contribution in [0.3, 0.4) is 0 Å². The van der Waals surface area contributed by atoms with Gasteiger partial charge in [-0.05, 0) is 6.07 Å². The molecule has 3 rings (SSSR count). The van der Waals surface area contributed by atoms with Gasteiger partial charge in [0.1, 0.15) is 5.75 Å². The summed E-state index contributed by atoms with van der Waals surface area (Å²) in [4.78, 5) is 25.0. The monoisotopic (exact) mass is 450 g/mol. The molecule has 1 aromatic carbocycles. The van der Waals surface area contributed by atoms with Crippen molar-refractivity contribution in [2.75, 3.05) is 33.3 Å². The van der Waals surface area contributed by atoms with Crippen molar-refractivity contribution < 1.29 is 25.6 Å². The number of nitrogens with two attached hydrogens (primary N) is 1. The quantitative estimate of drug-likeness (QED) is 0.141. The molecular formula is C18H24N7O5S+. The maximum atomic E-state index is 12.2. The molecule has 1 aliphatic heterocycles. The molecule has 0 atom stereocenters. The van der Waals surface area contributed by atoms with E-state index in [4.69, 9.17) is 33.3 Å². The van der Waals surface area contributed by atoms with Crippen LogP contribution >= 0.6 is 12.2 Å². The summed E-state index contributed by atoms with van der Waals surface area (Å²) < 4.78 is 5.10. The number of benzene rings is 1. The van der Waals surface area contributed by atoms with E-state index in [0.29, 0.717) is 18.7 Å². The molecule has 1 amide bonds. The number of quaternary nitrogens is 1. The Kier molecular flexibility index (Phi) is 8.15. The second-order valence-electron chi connectivity index (χ2n) is 6.37. The van der Waals surface area contributed by atoms with Crippen LogP contribution in [-0.2, 0) is 4.79 Å². The molecule has 0 spiro atoms. The number of methoxy groups -OCH3 is 1. The Balaban J connectivity index is 0.00000166. The lowest BCUT2D eigenvalue weighted by atomic mass is 9.89. The molecule has 1 fully saturated rings. The number of ether oxygens (including phenoxy) is 1. The van der Waals surface area contributed by atoms with Crippen LogP contribution in [0.15, 0.2) is 35.8 Å². The van der Waals surface area contributed by atoms with Crippen LogP contribution in [0.2, 0.25) is 0 Å². The predicted molar refractivity (Wildman–Crippen MR) is 116 cm³/mol. The van der Waals surface area contributed by atoms with Gasteiger partial charge in [-0.25, -0.2) is 11.1 Å². The first kappa shape index (κ1) is 23.9. The summed E-state index contributed by atoms with van der Waals surface area (Å²) in [5, 5.41) is 32.7. The molecule has 0 radical (unpaired) electrons. The molecule has 166 valence electrons. The van der Waals surface area contributed by atoms with Gasteiger partial charge in [0.05, 0.1) is 45.6 Å². The van der Waals surface area contributed by atoms with Crippen molar-refractivity contribution in [2.24, 2.45) is 5.73 Å². The molecule has 12 nitrogen and oxygen atoms in total. The van der Waals surface area contributed by atoms with Crippen LogP contribution in [0.4, 0.5) is 5.69 Å². The number of nitrogens with one attached hydrogen (secondary N) is 3. The number of rotatable bonds is 5. The number of carbonyl (C=O) groups excluding carboxylic acids is 1. The average Bonchev–Trinajstić information content (AvgIpc) is 2.80. The lowest BCUT2D eigenvalue weighted by Gasteiger charge is -2.26. The van der Waals surface area contributed by atoms with Crippen molar-refractivity contribution in [2.45, 2.75) is 0 Å². The molecule has 0 bridgehead atoms. The summed E-state index contributed by atoms with van der Waals surface area (Å²) in [6, 6.07) is 2.76. The van der Waals surface area contributed by atoms with Crippen molar-refractivity contribution in [3.63, 3.8) is 0 Å². The summed E-state index contributed by atoms with van der Waals surface area (Å²) >= 11 is 5.37. The Morgan fingerprint density at radius 1 is 1.45 bits per heavy atom. The van der Waals surface area contributed by atoms with Gasteiger partial charge in [0.2, 0.25) is 5.91 Å². The smallest absolute Gasteiger partial charge is 0.283 e. The van der Waals surface area contributed by atoms with E-state index < -0.39 is 4.92 Å². The first-order valence-electron chi connectivity index (χ1n) is 9.09. The highest BCUT2D eigenvalue weighted by Gasteiger charge is 2.33. The van der Waals surface area contributed by atoms with Gasteiger partial charge in [-0.1, -0.05) is 12.2 Å². The Bertz CT molecular complexity index is 970. The van der Waals surface area contributed by atoms with E-state index in [9.17, 15) is 14.9 Å². The first-order chi connectivity index (χ1) is 14.8. The fourth-order valence-electron chi connectivity index (χ4n) is 3.16. The number of piperazine rings is 1. The largest absolute Gasteiger partial charge is 0.496 e. The van der Waals surface area contributed by atoms with E-state index in [2.05, 4.69) is 16.5 Å². The highest BCUT2D eigenvalue weighted by Crippen LogP contribution is 2.34. The van der Waals surface area contributed by atoms with E-state index in [0.717, 1.165) is 13.1 Å². The number of hydrogen-bond donors (Lipinski definition) is 6. The highest BCUT2D eigenvalue weighted by molar-refractivity contribution is 7.81. The van der Waals surface area contributed by atoms with E-state index in [-0.39, 0.29) is 44.9 Å². The molecule has 0 saturated carbocycles. The molecule has 0 aromatic heterocycles. The van der Waals surface area contributed by atoms with E-state index >= 15 is 0 Å². The third-order valence-corrected chi connectivity index (χ3v) is 5.10. The number of hydrogen-bond acceptors (Lipinski definition) is 10. The van der Waals surface area contributed by atoms with Gasteiger partial charge in [-0.3, -0.25) is 20.3 Å². The van der Waals surface area contributed by atoms with Gasteiger partial charge in [0.25, 0.3) is 5.69 Å². The fourth-order valence-corrected chi connectivity index (χ4v) is 3.42. The first-order valence-corrected chi connectivity index (χ1v) is 9.50. The molecule has 2 aliphatic rings. The van der Waals surface area contributed by atoms with Crippen LogP contribution in [0, 0.1) is 15.5 Å². The number of fused-ring (bicyclic) bond motifs is 1. The van der Waals surface area contributed by atoms with Gasteiger partial charge in [-0.15, -0.1) is 0 Å². The van der Waals surface area contributed by atoms with Gasteiger partial charge < -0.3 is 26.0 Å². The number of allylic oxidation sites excluding steroid dienone is 2. The Hall–Kier alpha value is -3.39. The molecule has 13 heteroatoms. The SMILES string of the molecule is COc1cc2c(c([N+](=O)[O-])c1)C(=N)C(N/C=C/C(=O)N1CCNCC1)=C(N)C2=S.[NH3+]O. The molecule has 9 N–H and O–H groups in total. The second-order valence-corrected chi connectivity index (χ2v) is 6.78. The van der Waals surface area contributed by atoms with Crippen molar-refractivity contribution in [1.82, 2.24) is 15.5 Å². The molecule has 31 heavy (non-hydrogen) atoms. The minimum Gasteiger partial charge on any atom is -0.496 e. The summed E-state index contributed by atoms with van der Waals surface area (Å²) in [5.41, 5.74) is 6.16. The number of nitrogens with zero attached hydrogens (tertiary/aromatic N) is 2. The van der Waals surface area contributed by atoms with Crippen molar-refractivity contribution in [1.29, 1.82) is 5.41 Å².